The second kappa shape index (κ2) is 4.82. The molecule has 0 bridgehead atoms. The molecule has 0 heterocycles. The summed E-state index contributed by atoms with van der Waals surface area (Å²) < 4.78 is 0. The van der Waals surface area contributed by atoms with Gasteiger partial charge in [-0.1, -0.05) is 13.3 Å². The zero-order valence-corrected chi connectivity index (χ0v) is 6.40. The number of carbonyl (C=O) groups is 1. The first kappa shape index (κ1) is 8.98. The summed E-state index contributed by atoms with van der Waals surface area (Å²) in [7, 11) is 0. The number of rotatable bonds is 4. The Bertz CT molecular complexity index is 93.1. The summed E-state index contributed by atoms with van der Waals surface area (Å²) >= 11 is 3.53. The van der Waals surface area contributed by atoms with Crippen molar-refractivity contribution < 1.29 is 9.90 Å². The fourth-order valence-electron chi connectivity index (χ4n) is 0.637. The van der Waals surface area contributed by atoms with E-state index in [0.717, 1.165) is 6.42 Å². The number of carbonyl (C=O) groups excluding carboxylic acids is 1. The van der Waals surface area contributed by atoms with Crippen LogP contribution in [-0.2, 0) is 4.79 Å². The lowest BCUT2D eigenvalue weighted by molar-refractivity contribution is -0.112. The molecule has 0 fully saturated rings. The monoisotopic (exact) mass is 148 g/mol. The summed E-state index contributed by atoms with van der Waals surface area (Å²) in [6.07, 6.45) is 1.28. The van der Waals surface area contributed by atoms with E-state index in [2.05, 4.69) is 12.6 Å². The minimum Gasteiger partial charge on any atom is -0.393 e. The summed E-state index contributed by atoms with van der Waals surface area (Å²) in [5.74, 6) is 0. The van der Waals surface area contributed by atoms with Gasteiger partial charge in [0.25, 0.3) is 0 Å². The van der Waals surface area contributed by atoms with Crippen LogP contribution in [0.1, 0.15) is 26.2 Å². The van der Waals surface area contributed by atoms with E-state index in [0.29, 0.717) is 6.42 Å². The van der Waals surface area contributed by atoms with E-state index in [-0.39, 0.29) is 11.5 Å². The molecule has 2 nitrogen and oxygen atoms in total. The number of hydrogen-bond acceptors (Lipinski definition) is 2. The lowest BCUT2D eigenvalue weighted by atomic mass is 10.2. The van der Waals surface area contributed by atoms with Crippen molar-refractivity contribution in [3.05, 3.63) is 0 Å². The lowest BCUT2D eigenvalue weighted by Gasteiger charge is -2.03. The summed E-state index contributed by atoms with van der Waals surface area (Å²) in [5, 5.41) is 8.71. The molecule has 1 N–H and O–H groups in total. The van der Waals surface area contributed by atoms with Crippen LogP contribution in [0.5, 0.6) is 0 Å². The fourth-order valence-corrected chi connectivity index (χ4v) is 0.848. The summed E-state index contributed by atoms with van der Waals surface area (Å²) in [5.41, 5.74) is 0. The first-order chi connectivity index (χ1) is 4.16. The van der Waals surface area contributed by atoms with Gasteiger partial charge >= 0.3 is 0 Å². The van der Waals surface area contributed by atoms with Gasteiger partial charge < -0.3 is 5.11 Å². The topological polar surface area (TPSA) is 37.3 Å². The highest BCUT2D eigenvalue weighted by molar-refractivity contribution is 7.96. The number of hydrogen-bond donors (Lipinski definition) is 2. The van der Waals surface area contributed by atoms with Crippen molar-refractivity contribution in [2.24, 2.45) is 0 Å². The summed E-state index contributed by atoms with van der Waals surface area (Å²) in [6.45, 7) is 1.96. The average Bonchev–Trinajstić information content (AvgIpc) is 1.63. The molecule has 0 saturated heterocycles. The van der Waals surface area contributed by atoms with Crippen LogP contribution in [0.25, 0.3) is 0 Å². The molecule has 0 aliphatic carbocycles. The molecule has 0 aromatic heterocycles. The van der Waals surface area contributed by atoms with Crippen LogP contribution in [0.15, 0.2) is 0 Å². The Morgan fingerprint density at radius 1 is 1.78 bits per heavy atom. The molecule has 3 heteroatoms. The Kier molecular flexibility index (Phi) is 4.81. The third kappa shape index (κ3) is 5.86. The fraction of sp³-hybridized carbons (Fsp3) is 0.833. The molecule has 0 aliphatic heterocycles. The Morgan fingerprint density at radius 2 is 2.33 bits per heavy atom. The zero-order valence-electron chi connectivity index (χ0n) is 5.50. The number of aliphatic hydroxyl groups excluding tert-OH is 1. The number of thiol groups is 1. The molecule has 0 aliphatic rings. The standard InChI is InChI=1S/C6H12O2S/c1-2-3-5(7)4-6(8)9/h5,7H,2-4H2,1H3,(H,8,9). The molecule has 0 rings (SSSR count). The van der Waals surface area contributed by atoms with Crippen LogP contribution in [0.3, 0.4) is 0 Å². The van der Waals surface area contributed by atoms with E-state index in [1.807, 2.05) is 6.92 Å². The third-order valence-electron chi connectivity index (χ3n) is 1.03. The van der Waals surface area contributed by atoms with E-state index in [9.17, 15) is 4.79 Å². The van der Waals surface area contributed by atoms with Crippen molar-refractivity contribution in [3.8, 4) is 0 Å². The maximum atomic E-state index is 10.2. The summed E-state index contributed by atoms with van der Waals surface area (Å²) in [6, 6.07) is 0. The second-order valence-corrected chi connectivity index (χ2v) is 2.54. The van der Waals surface area contributed by atoms with Crippen molar-refractivity contribution in [2.45, 2.75) is 32.3 Å². The quantitative estimate of drug-likeness (QED) is 0.583. The highest BCUT2D eigenvalue weighted by Gasteiger charge is 2.04. The Morgan fingerprint density at radius 3 is 2.67 bits per heavy atom. The van der Waals surface area contributed by atoms with Gasteiger partial charge in [0.2, 0.25) is 0 Å². The van der Waals surface area contributed by atoms with E-state index in [4.69, 9.17) is 5.11 Å². The van der Waals surface area contributed by atoms with Gasteiger partial charge in [0.05, 0.1) is 6.10 Å². The SMILES string of the molecule is CCCC(O)CC(=O)S. The lowest BCUT2D eigenvalue weighted by Crippen LogP contribution is -2.08. The van der Waals surface area contributed by atoms with Gasteiger partial charge in [-0.05, 0) is 6.42 Å². The van der Waals surface area contributed by atoms with E-state index >= 15 is 0 Å². The van der Waals surface area contributed by atoms with Crippen molar-refractivity contribution in [2.75, 3.05) is 0 Å². The predicted octanol–water partition coefficient (Wildman–Crippen LogP) is 0.994. The van der Waals surface area contributed by atoms with Gasteiger partial charge in [0.1, 0.15) is 0 Å². The number of aliphatic hydroxyl groups is 1. The van der Waals surface area contributed by atoms with Crippen molar-refractivity contribution in [3.63, 3.8) is 0 Å². The first-order valence-electron chi connectivity index (χ1n) is 3.06. The van der Waals surface area contributed by atoms with Crippen LogP contribution in [-0.4, -0.2) is 16.3 Å². The van der Waals surface area contributed by atoms with E-state index < -0.39 is 6.10 Å². The highest BCUT2D eigenvalue weighted by Crippen LogP contribution is 2.02. The molecule has 0 spiro atoms. The maximum absolute atomic E-state index is 10.2. The average molecular weight is 148 g/mol. The van der Waals surface area contributed by atoms with Crippen LogP contribution >= 0.6 is 12.6 Å². The molecule has 9 heavy (non-hydrogen) atoms. The highest BCUT2D eigenvalue weighted by atomic mass is 32.1. The van der Waals surface area contributed by atoms with Gasteiger partial charge in [0.15, 0.2) is 5.12 Å². The predicted molar refractivity (Wildman–Crippen MR) is 39.5 cm³/mol. The van der Waals surface area contributed by atoms with Gasteiger partial charge in [0, 0.05) is 6.42 Å². The smallest absolute Gasteiger partial charge is 0.188 e. The molecule has 54 valence electrons. The molecule has 0 saturated carbocycles. The molecule has 1 atom stereocenters. The van der Waals surface area contributed by atoms with E-state index in [1.165, 1.54) is 0 Å². The molecule has 0 aromatic carbocycles. The van der Waals surface area contributed by atoms with Crippen molar-refractivity contribution in [1.82, 2.24) is 0 Å². The molecule has 0 aromatic rings. The second-order valence-electron chi connectivity index (χ2n) is 2.04. The van der Waals surface area contributed by atoms with Gasteiger partial charge in [-0.15, -0.1) is 12.6 Å². The minimum absolute atomic E-state index is 0.178. The Balaban J connectivity index is 3.26. The maximum Gasteiger partial charge on any atom is 0.188 e. The minimum atomic E-state index is -0.486. The van der Waals surface area contributed by atoms with E-state index in [1.54, 1.807) is 0 Å². The van der Waals surface area contributed by atoms with Crippen LogP contribution in [0.2, 0.25) is 0 Å². The van der Waals surface area contributed by atoms with Crippen LogP contribution in [0, 0.1) is 0 Å². The Labute approximate surface area is 60.7 Å². The molecular formula is C6H12O2S. The Hall–Kier alpha value is -0.0200. The molecule has 0 radical (unpaired) electrons. The zero-order chi connectivity index (χ0) is 7.28. The normalized spacial score (nSPS) is 13.2. The molecular weight excluding hydrogens is 136 g/mol. The first-order valence-corrected chi connectivity index (χ1v) is 3.51. The third-order valence-corrected chi connectivity index (χ3v) is 1.21. The van der Waals surface area contributed by atoms with Crippen LogP contribution < -0.4 is 0 Å². The van der Waals surface area contributed by atoms with Gasteiger partial charge in [-0.25, -0.2) is 0 Å². The summed E-state index contributed by atoms with van der Waals surface area (Å²) in [4.78, 5) is 10.2. The van der Waals surface area contributed by atoms with Gasteiger partial charge in [-0.3, -0.25) is 4.79 Å². The van der Waals surface area contributed by atoms with Crippen LogP contribution in [0.4, 0.5) is 0 Å². The van der Waals surface area contributed by atoms with Crippen molar-refractivity contribution >= 4 is 17.7 Å². The largest absolute Gasteiger partial charge is 0.393 e. The van der Waals surface area contributed by atoms with Gasteiger partial charge in [-0.2, -0.15) is 0 Å². The molecule has 1 unspecified atom stereocenters. The molecule has 0 amide bonds. The van der Waals surface area contributed by atoms with Crippen molar-refractivity contribution in [1.29, 1.82) is 0 Å².